The van der Waals surface area contributed by atoms with Gasteiger partial charge in [0.1, 0.15) is 0 Å². The van der Waals surface area contributed by atoms with Crippen LogP contribution in [-0.2, 0) is 6.42 Å². The molecule has 1 N–H and O–H groups in total. The number of aromatic nitrogens is 1. The van der Waals surface area contributed by atoms with Gasteiger partial charge in [0.25, 0.3) is 0 Å². The zero-order valence-corrected chi connectivity index (χ0v) is 13.0. The molecule has 0 spiro atoms. The molecule has 1 aromatic heterocycles. The maximum absolute atomic E-state index is 4.83. The number of para-hydroxylation sites is 1. The molecule has 1 aliphatic carbocycles. The van der Waals surface area contributed by atoms with Crippen LogP contribution in [0.1, 0.15) is 44.7 Å². The summed E-state index contributed by atoms with van der Waals surface area (Å²) >= 11 is 0. The van der Waals surface area contributed by atoms with E-state index in [-0.39, 0.29) is 0 Å². The maximum Gasteiger partial charge on any atom is 0.0705 e. The molecule has 0 saturated heterocycles. The first kappa shape index (κ1) is 14.5. The van der Waals surface area contributed by atoms with Crippen LogP contribution in [0, 0.1) is 5.92 Å². The number of nitrogens with one attached hydrogen (secondary N) is 1. The van der Waals surface area contributed by atoms with E-state index in [4.69, 9.17) is 4.98 Å². The van der Waals surface area contributed by atoms with Gasteiger partial charge in [-0.1, -0.05) is 56.9 Å². The fourth-order valence-corrected chi connectivity index (χ4v) is 3.65. The van der Waals surface area contributed by atoms with Crippen molar-refractivity contribution in [3.8, 4) is 0 Å². The molecular weight excluding hydrogens is 256 g/mol. The number of hydrogen-bond acceptors (Lipinski definition) is 2. The number of fused-ring (bicyclic) bond motifs is 1. The van der Waals surface area contributed by atoms with Crippen LogP contribution in [0.25, 0.3) is 10.9 Å². The lowest BCUT2D eigenvalue weighted by molar-refractivity contribution is 0.388. The van der Waals surface area contributed by atoms with E-state index in [9.17, 15) is 0 Å². The number of benzene rings is 1. The standard InChI is InChI=1S/C19H26N2/c1-2-20-18(13-15-7-3-4-8-15)14-17-12-11-16-9-5-6-10-19(16)21-17/h5-6,9-12,15,18,20H,2-4,7-8,13-14H2,1H3. The Hall–Kier alpha value is -1.41. The van der Waals surface area contributed by atoms with Crippen molar-refractivity contribution in [1.82, 2.24) is 10.3 Å². The van der Waals surface area contributed by atoms with Crippen LogP contribution < -0.4 is 5.32 Å². The third-order valence-electron chi connectivity index (χ3n) is 4.70. The summed E-state index contributed by atoms with van der Waals surface area (Å²) in [6.07, 6.45) is 8.06. The summed E-state index contributed by atoms with van der Waals surface area (Å²) < 4.78 is 0. The van der Waals surface area contributed by atoms with Gasteiger partial charge in [-0.3, -0.25) is 4.98 Å². The third kappa shape index (κ3) is 3.82. The highest BCUT2D eigenvalue weighted by Gasteiger charge is 2.20. The second-order valence-corrected chi connectivity index (χ2v) is 6.34. The molecule has 0 amide bonds. The van der Waals surface area contributed by atoms with Gasteiger partial charge in [-0.05, 0) is 31.0 Å². The molecule has 1 heterocycles. The fraction of sp³-hybridized carbons (Fsp3) is 0.526. The molecule has 0 bridgehead atoms. The lowest BCUT2D eigenvalue weighted by Crippen LogP contribution is -2.33. The first-order valence-corrected chi connectivity index (χ1v) is 8.43. The smallest absolute Gasteiger partial charge is 0.0705 e. The molecule has 0 aliphatic heterocycles. The van der Waals surface area contributed by atoms with E-state index in [1.54, 1.807) is 0 Å². The second-order valence-electron chi connectivity index (χ2n) is 6.34. The first-order chi connectivity index (χ1) is 10.3. The van der Waals surface area contributed by atoms with Crippen molar-refractivity contribution in [2.75, 3.05) is 6.54 Å². The zero-order valence-electron chi connectivity index (χ0n) is 13.0. The van der Waals surface area contributed by atoms with Crippen LogP contribution in [0.4, 0.5) is 0 Å². The number of hydrogen-bond donors (Lipinski definition) is 1. The summed E-state index contributed by atoms with van der Waals surface area (Å²) in [6.45, 7) is 3.25. The van der Waals surface area contributed by atoms with Crippen molar-refractivity contribution < 1.29 is 0 Å². The van der Waals surface area contributed by atoms with E-state index in [1.165, 1.54) is 43.2 Å². The van der Waals surface area contributed by atoms with Gasteiger partial charge in [0.15, 0.2) is 0 Å². The van der Waals surface area contributed by atoms with Gasteiger partial charge in [0.2, 0.25) is 0 Å². The van der Waals surface area contributed by atoms with Gasteiger partial charge in [-0.2, -0.15) is 0 Å². The average molecular weight is 282 g/mol. The van der Waals surface area contributed by atoms with Gasteiger partial charge in [-0.15, -0.1) is 0 Å². The number of nitrogens with zero attached hydrogens (tertiary/aromatic N) is 1. The SMILES string of the molecule is CCNC(Cc1ccc2ccccc2n1)CC1CCCC1. The predicted molar refractivity (Wildman–Crippen MR) is 89.5 cm³/mol. The lowest BCUT2D eigenvalue weighted by Gasteiger charge is -2.21. The second kappa shape index (κ2) is 7.04. The minimum atomic E-state index is 0.576. The van der Waals surface area contributed by atoms with Crippen molar-refractivity contribution in [3.05, 3.63) is 42.1 Å². The highest BCUT2D eigenvalue weighted by Crippen LogP contribution is 2.29. The van der Waals surface area contributed by atoms with Crippen LogP contribution >= 0.6 is 0 Å². The molecule has 1 atom stereocenters. The maximum atomic E-state index is 4.83. The van der Waals surface area contributed by atoms with Crippen LogP contribution in [0.3, 0.4) is 0 Å². The van der Waals surface area contributed by atoms with Crippen molar-refractivity contribution in [3.63, 3.8) is 0 Å². The summed E-state index contributed by atoms with van der Waals surface area (Å²) in [5, 5.41) is 4.90. The highest BCUT2D eigenvalue weighted by atomic mass is 14.9. The normalized spacial score (nSPS) is 17.4. The van der Waals surface area contributed by atoms with E-state index in [2.05, 4.69) is 48.6 Å². The minimum Gasteiger partial charge on any atom is -0.314 e. The molecule has 1 aromatic carbocycles. The summed E-state index contributed by atoms with van der Waals surface area (Å²) in [4.78, 5) is 4.83. The van der Waals surface area contributed by atoms with Gasteiger partial charge >= 0.3 is 0 Å². The van der Waals surface area contributed by atoms with E-state index in [0.717, 1.165) is 24.4 Å². The molecule has 1 fully saturated rings. The number of likely N-dealkylation sites (N-methyl/N-ethyl adjacent to an activating group) is 1. The largest absolute Gasteiger partial charge is 0.314 e. The van der Waals surface area contributed by atoms with E-state index >= 15 is 0 Å². The highest BCUT2D eigenvalue weighted by molar-refractivity contribution is 5.78. The molecule has 1 unspecified atom stereocenters. The van der Waals surface area contributed by atoms with Crippen LogP contribution in [-0.4, -0.2) is 17.6 Å². The third-order valence-corrected chi connectivity index (χ3v) is 4.70. The lowest BCUT2D eigenvalue weighted by atomic mass is 9.95. The van der Waals surface area contributed by atoms with Crippen molar-refractivity contribution in [2.45, 2.75) is 51.5 Å². The monoisotopic (exact) mass is 282 g/mol. The Morgan fingerprint density at radius 3 is 2.76 bits per heavy atom. The minimum absolute atomic E-state index is 0.576. The molecule has 2 aromatic rings. The van der Waals surface area contributed by atoms with E-state index in [0.29, 0.717) is 6.04 Å². The molecule has 1 aliphatic rings. The van der Waals surface area contributed by atoms with E-state index in [1.807, 2.05) is 0 Å². The van der Waals surface area contributed by atoms with Crippen LogP contribution in [0.2, 0.25) is 0 Å². The molecule has 21 heavy (non-hydrogen) atoms. The molecule has 0 radical (unpaired) electrons. The van der Waals surface area contributed by atoms with Crippen LogP contribution in [0.5, 0.6) is 0 Å². The van der Waals surface area contributed by atoms with Crippen molar-refractivity contribution >= 4 is 10.9 Å². The average Bonchev–Trinajstić information content (AvgIpc) is 3.00. The Kier molecular flexibility index (Phi) is 4.87. The molecule has 3 rings (SSSR count). The van der Waals surface area contributed by atoms with E-state index < -0.39 is 0 Å². The summed E-state index contributed by atoms with van der Waals surface area (Å²) in [5.74, 6) is 0.925. The van der Waals surface area contributed by atoms with Crippen LogP contribution in [0.15, 0.2) is 36.4 Å². The van der Waals surface area contributed by atoms with Gasteiger partial charge in [0, 0.05) is 23.5 Å². The molecule has 1 saturated carbocycles. The Labute approximate surface area is 128 Å². The van der Waals surface area contributed by atoms with Gasteiger partial charge in [0.05, 0.1) is 5.52 Å². The quantitative estimate of drug-likeness (QED) is 0.852. The summed E-state index contributed by atoms with van der Waals surface area (Å²) in [6, 6.07) is 13.4. The molecule has 2 nitrogen and oxygen atoms in total. The number of pyridine rings is 1. The summed E-state index contributed by atoms with van der Waals surface area (Å²) in [5.41, 5.74) is 2.34. The number of rotatable bonds is 6. The zero-order chi connectivity index (χ0) is 14.5. The van der Waals surface area contributed by atoms with Crippen molar-refractivity contribution in [2.24, 2.45) is 5.92 Å². The Morgan fingerprint density at radius 2 is 1.95 bits per heavy atom. The topological polar surface area (TPSA) is 24.9 Å². The molecular formula is C19H26N2. The van der Waals surface area contributed by atoms with Crippen molar-refractivity contribution in [1.29, 1.82) is 0 Å². The molecule has 112 valence electrons. The summed E-state index contributed by atoms with van der Waals surface area (Å²) in [7, 11) is 0. The van der Waals surface area contributed by atoms with Gasteiger partial charge < -0.3 is 5.32 Å². The Balaban J connectivity index is 1.70. The fourth-order valence-electron chi connectivity index (χ4n) is 3.65. The Morgan fingerprint density at radius 1 is 1.14 bits per heavy atom. The Bertz CT molecular complexity index is 573. The van der Waals surface area contributed by atoms with Gasteiger partial charge in [-0.25, -0.2) is 0 Å². The molecule has 2 heteroatoms. The predicted octanol–water partition coefficient (Wildman–Crippen LogP) is 4.34. The first-order valence-electron chi connectivity index (χ1n) is 8.43.